The van der Waals surface area contributed by atoms with Gasteiger partial charge in [0.1, 0.15) is 5.76 Å². The number of aryl methyl sites for hydroxylation is 2. The summed E-state index contributed by atoms with van der Waals surface area (Å²) in [5.41, 5.74) is 1.63. The molecule has 0 saturated heterocycles. The first-order chi connectivity index (χ1) is 13.0. The van der Waals surface area contributed by atoms with Gasteiger partial charge in [0.05, 0.1) is 17.9 Å². The molecule has 1 aliphatic heterocycles. The molecule has 2 aromatic heterocycles. The van der Waals surface area contributed by atoms with Gasteiger partial charge in [-0.1, -0.05) is 35.0 Å². The Kier molecular flexibility index (Phi) is 3.92. The zero-order valence-electron chi connectivity index (χ0n) is 14.7. The van der Waals surface area contributed by atoms with Crippen LogP contribution in [0.1, 0.15) is 33.5 Å². The molecule has 7 heteroatoms. The van der Waals surface area contributed by atoms with Crippen LogP contribution in [0.25, 0.3) is 0 Å². The van der Waals surface area contributed by atoms with E-state index in [-0.39, 0.29) is 17.2 Å². The van der Waals surface area contributed by atoms with Gasteiger partial charge in [-0.25, -0.2) is 0 Å². The number of Topliss-reactive ketones (excluding diaryl/α,β-unsaturated/α-hetero) is 1. The van der Waals surface area contributed by atoms with Crippen molar-refractivity contribution in [3.63, 3.8) is 0 Å². The molecule has 0 unspecified atom stereocenters. The normalized spacial score (nSPS) is 17.0. The molecule has 1 aromatic carbocycles. The lowest BCUT2D eigenvalue weighted by Crippen LogP contribution is -2.31. The number of rotatable bonds is 4. The van der Waals surface area contributed by atoms with Crippen LogP contribution in [0.5, 0.6) is 0 Å². The van der Waals surface area contributed by atoms with Gasteiger partial charge >= 0.3 is 0 Å². The maximum atomic E-state index is 13.0. The van der Waals surface area contributed by atoms with Crippen molar-refractivity contribution in [2.75, 3.05) is 4.90 Å². The Morgan fingerprint density at radius 2 is 1.93 bits per heavy atom. The number of amides is 1. The fourth-order valence-electron chi connectivity index (χ4n) is 3.14. The van der Waals surface area contributed by atoms with Crippen molar-refractivity contribution in [2.45, 2.75) is 19.9 Å². The first-order valence-electron chi connectivity index (χ1n) is 8.32. The summed E-state index contributed by atoms with van der Waals surface area (Å²) in [6.45, 7) is 3.63. The molecule has 4 rings (SSSR count). The van der Waals surface area contributed by atoms with Gasteiger partial charge in [0.2, 0.25) is 5.78 Å². The number of hydrogen-bond donors (Lipinski definition) is 1. The summed E-state index contributed by atoms with van der Waals surface area (Å²) in [6.07, 6.45) is 1.36. The van der Waals surface area contributed by atoms with Crippen molar-refractivity contribution in [1.82, 2.24) is 5.16 Å². The molecule has 0 bridgehead atoms. The number of aliphatic hydroxyl groups is 1. The van der Waals surface area contributed by atoms with Gasteiger partial charge in [0.25, 0.3) is 5.91 Å². The Bertz CT molecular complexity index is 1040. The number of ketones is 1. The van der Waals surface area contributed by atoms with E-state index >= 15 is 0 Å². The number of carbonyl (C=O) groups is 2. The smallest absolute Gasteiger partial charge is 0.295 e. The average Bonchev–Trinajstić information content (AvgIpc) is 3.37. The molecule has 0 saturated carbocycles. The standard InChI is InChI=1S/C20H16N2O5/c1-11-5-7-13(8-6-11)17-16(18(23)14-4-3-9-26-14)19(24)20(25)22(17)15-10-12(2)27-21-15/h3-10,17,24H,1-2H3/t17-/m1/s1. The summed E-state index contributed by atoms with van der Waals surface area (Å²) in [6, 6.07) is 11.1. The van der Waals surface area contributed by atoms with E-state index in [1.165, 1.54) is 17.2 Å². The number of anilines is 1. The molecule has 1 N–H and O–H groups in total. The largest absolute Gasteiger partial charge is 0.503 e. The molecule has 1 aliphatic rings. The average molecular weight is 364 g/mol. The number of aromatic nitrogens is 1. The zero-order valence-corrected chi connectivity index (χ0v) is 14.7. The summed E-state index contributed by atoms with van der Waals surface area (Å²) in [5, 5.41) is 14.4. The summed E-state index contributed by atoms with van der Waals surface area (Å²) in [7, 11) is 0. The molecular weight excluding hydrogens is 348 g/mol. The van der Waals surface area contributed by atoms with Gasteiger partial charge in [-0.3, -0.25) is 14.5 Å². The number of furan rings is 1. The minimum atomic E-state index is -0.847. The molecule has 3 aromatic rings. The molecule has 1 amide bonds. The zero-order chi connectivity index (χ0) is 19.1. The van der Waals surface area contributed by atoms with Gasteiger partial charge in [0, 0.05) is 6.07 Å². The van der Waals surface area contributed by atoms with Crippen LogP contribution in [0.2, 0.25) is 0 Å². The third kappa shape index (κ3) is 2.73. The van der Waals surface area contributed by atoms with E-state index in [9.17, 15) is 14.7 Å². The first kappa shape index (κ1) is 16.8. The number of nitrogens with zero attached hydrogens (tertiary/aromatic N) is 2. The van der Waals surface area contributed by atoms with Crippen LogP contribution in [0.3, 0.4) is 0 Å². The van der Waals surface area contributed by atoms with E-state index in [0.717, 1.165) is 5.56 Å². The lowest BCUT2D eigenvalue weighted by atomic mass is 9.94. The molecular formula is C20H16N2O5. The van der Waals surface area contributed by atoms with Crippen LogP contribution >= 0.6 is 0 Å². The predicted octanol–water partition coefficient (Wildman–Crippen LogP) is 3.67. The molecule has 0 radical (unpaired) electrons. The highest BCUT2D eigenvalue weighted by Crippen LogP contribution is 2.41. The minimum Gasteiger partial charge on any atom is -0.503 e. The number of aliphatic hydroxyl groups excluding tert-OH is 1. The topological polar surface area (TPSA) is 96.8 Å². The van der Waals surface area contributed by atoms with Crippen molar-refractivity contribution in [1.29, 1.82) is 0 Å². The van der Waals surface area contributed by atoms with Crippen LogP contribution in [0.4, 0.5) is 5.82 Å². The van der Waals surface area contributed by atoms with Gasteiger partial charge < -0.3 is 14.0 Å². The summed E-state index contributed by atoms with van der Waals surface area (Å²) < 4.78 is 10.3. The highest BCUT2D eigenvalue weighted by molar-refractivity contribution is 6.19. The van der Waals surface area contributed by atoms with E-state index in [0.29, 0.717) is 11.3 Å². The molecule has 7 nitrogen and oxygen atoms in total. The number of hydrogen-bond acceptors (Lipinski definition) is 6. The lowest BCUT2D eigenvalue weighted by molar-refractivity contribution is -0.117. The van der Waals surface area contributed by atoms with E-state index in [2.05, 4.69) is 5.16 Å². The second-order valence-electron chi connectivity index (χ2n) is 6.35. The molecule has 0 spiro atoms. The van der Waals surface area contributed by atoms with Crippen molar-refractivity contribution in [3.8, 4) is 0 Å². The molecule has 1 atom stereocenters. The SMILES string of the molecule is Cc1ccc([C@@H]2C(C(=O)c3ccco3)=C(O)C(=O)N2c2cc(C)on2)cc1. The molecule has 136 valence electrons. The van der Waals surface area contributed by atoms with Gasteiger partial charge in [0.15, 0.2) is 17.3 Å². The molecule has 27 heavy (non-hydrogen) atoms. The molecule has 0 fully saturated rings. The van der Waals surface area contributed by atoms with Gasteiger partial charge in [-0.2, -0.15) is 0 Å². The highest BCUT2D eigenvalue weighted by Gasteiger charge is 2.46. The second-order valence-corrected chi connectivity index (χ2v) is 6.35. The van der Waals surface area contributed by atoms with Crippen LogP contribution in [0, 0.1) is 13.8 Å². The van der Waals surface area contributed by atoms with Crippen LogP contribution in [-0.2, 0) is 4.79 Å². The third-order valence-electron chi connectivity index (χ3n) is 4.45. The van der Waals surface area contributed by atoms with Gasteiger partial charge in [-0.15, -0.1) is 0 Å². The fourth-order valence-corrected chi connectivity index (χ4v) is 3.14. The summed E-state index contributed by atoms with van der Waals surface area (Å²) in [4.78, 5) is 27.0. The lowest BCUT2D eigenvalue weighted by Gasteiger charge is -2.24. The first-order valence-corrected chi connectivity index (χ1v) is 8.32. The summed E-state index contributed by atoms with van der Waals surface area (Å²) >= 11 is 0. The minimum absolute atomic E-state index is 0.0413. The monoisotopic (exact) mass is 364 g/mol. The van der Waals surface area contributed by atoms with Crippen molar-refractivity contribution >= 4 is 17.5 Å². The molecule has 0 aliphatic carbocycles. The third-order valence-corrected chi connectivity index (χ3v) is 4.45. The fraction of sp³-hybridized carbons (Fsp3) is 0.150. The van der Waals surface area contributed by atoms with E-state index in [4.69, 9.17) is 8.94 Å². The van der Waals surface area contributed by atoms with Crippen molar-refractivity contribution in [2.24, 2.45) is 0 Å². The Morgan fingerprint density at radius 3 is 2.52 bits per heavy atom. The Labute approximate surface area is 154 Å². The van der Waals surface area contributed by atoms with Crippen LogP contribution in [-0.4, -0.2) is 22.0 Å². The van der Waals surface area contributed by atoms with Gasteiger partial charge in [-0.05, 0) is 31.5 Å². The Morgan fingerprint density at radius 1 is 1.19 bits per heavy atom. The predicted molar refractivity (Wildman–Crippen MR) is 95.3 cm³/mol. The molecule has 3 heterocycles. The Hall–Kier alpha value is -3.61. The Balaban J connectivity index is 1.88. The van der Waals surface area contributed by atoms with Crippen LogP contribution < -0.4 is 4.90 Å². The van der Waals surface area contributed by atoms with E-state index in [1.807, 2.05) is 19.1 Å². The maximum absolute atomic E-state index is 13.0. The number of carbonyl (C=O) groups excluding carboxylic acids is 2. The maximum Gasteiger partial charge on any atom is 0.295 e. The van der Waals surface area contributed by atoms with E-state index < -0.39 is 23.5 Å². The second kappa shape index (κ2) is 6.28. The highest BCUT2D eigenvalue weighted by atomic mass is 16.5. The summed E-state index contributed by atoms with van der Waals surface area (Å²) in [5.74, 6) is -1.13. The number of benzene rings is 1. The quantitative estimate of drug-likeness (QED) is 0.710. The van der Waals surface area contributed by atoms with E-state index in [1.54, 1.807) is 31.2 Å². The van der Waals surface area contributed by atoms with Crippen molar-refractivity contribution in [3.05, 3.63) is 82.7 Å². The van der Waals surface area contributed by atoms with Crippen molar-refractivity contribution < 1.29 is 23.6 Å². The van der Waals surface area contributed by atoms with Crippen LogP contribution in [0.15, 0.2) is 69.0 Å².